The summed E-state index contributed by atoms with van der Waals surface area (Å²) in [6.07, 6.45) is 3.64. The van der Waals surface area contributed by atoms with Gasteiger partial charge in [-0.05, 0) is 42.4 Å². The van der Waals surface area contributed by atoms with Gasteiger partial charge in [0.1, 0.15) is 11.5 Å². The predicted octanol–water partition coefficient (Wildman–Crippen LogP) is 3.52. The highest BCUT2D eigenvalue weighted by Gasteiger charge is 2.17. The van der Waals surface area contributed by atoms with Crippen molar-refractivity contribution in [3.8, 4) is 11.5 Å². The van der Waals surface area contributed by atoms with Gasteiger partial charge in [0.25, 0.3) is 0 Å². The third-order valence-electron chi connectivity index (χ3n) is 3.05. The van der Waals surface area contributed by atoms with E-state index in [9.17, 15) is 0 Å². The van der Waals surface area contributed by atoms with Gasteiger partial charge in [-0.3, -0.25) is 0 Å². The molecule has 0 amide bonds. The molecule has 1 N–H and O–H groups in total. The van der Waals surface area contributed by atoms with Crippen molar-refractivity contribution in [1.82, 2.24) is 19.5 Å². The molecular formula is C14H20IN5. The van der Waals surface area contributed by atoms with Crippen LogP contribution in [-0.2, 0) is 6.54 Å². The van der Waals surface area contributed by atoms with Gasteiger partial charge in [0.15, 0.2) is 5.82 Å². The molecule has 2 heterocycles. The Morgan fingerprint density at radius 1 is 1.30 bits per heavy atom. The van der Waals surface area contributed by atoms with E-state index in [1.54, 1.807) is 0 Å². The number of rotatable bonds is 5. The molecule has 0 aliphatic carbocycles. The Morgan fingerprint density at radius 3 is 2.65 bits per heavy atom. The van der Waals surface area contributed by atoms with Crippen molar-refractivity contribution in [2.45, 2.75) is 40.2 Å². The third-order valence-corrected chi connectivity index (χ3v) is 4.11. The van der Waals surface area contributed by atoms with E-state index in [1.807, 2.05) is 12.5 Å². The number of nitrogens with one attached hydrogen (secondary N) is 1. The second-order valence-electron chi connectivity index (χ2n) is 4.84. The van der Waals surface area contributed by atoms with Crippen LogP contribution in [0.4, 0.5) is 5.82 Å². The molecule has 5 nitrogen and oxygen atoms in total. The highest BCUT2D eigenvalue weighted by Crippen LogP contribution is 2.28. The zero-order valence-electron chi connectivity index (χ0n) is 12.3. The first-order chi connectivity index (χ1) is 9.58. The third kappa shape index (κ3) is 2.94. The Morgan fingerprint density at radius 2 is 2.05 bits per heavy atom. The van der Waals surface area contributed by atoms with E-state index in [-0.39, 0.29) is 0 Å². The van der Waals surface area contributed by atoms with Crippen LogP contribution >= 0.6 is 22.6 Å². The average molecular weight is 385 g/mol. The van der Waals surface area contributed by atoms with Gasteiger partial charge in [-0.2, -0.15) is 0 Å². The fraction of sp³-hybridized carbons (Fsp3) is 0.500. The number of nitrogens with zero attached hydrogens (tertiary/aromatic N) is 4. The van der Waals surface area contributed by atoms with E-state index in [0.29, 0.717) is 5.92 Å². The molecule has 108 valence electrons. The zero-order chi connectivity index (χ0) is 14.7. The fourth-order valence-electron chi connectivity index (χ4n) is 2.01. The lowest BCUT2D eigenvalue weighted by Crippen LogP contribution is -2.10. The second kappa shape index (κ2) is 6.51. The van der Waals surface area contributed by atoms with Crippen LogP contribution in [-0.4, -0.2) is 26.1 Å². The van der Waals surface area contributed by atoms with Crippen LogP contribution < -0.4 is 5.32 Å². The lowest BCUT2D eigenvalue weighted by Gasteiger charge is -2.14. The molecule has 6 heteroatoms. The van der Waals surface area contributed by atoms with Crippen molar-refractivity contribution in [3.63, 3.8) is 0 Å². The predicted molar refractivity (Wildman–Crippen MR) is 89.9 cm³/mol. The van der Waals surface area contributed by atoms with E-state index in [1.165, 1.54) is 0 Å². The molecular weight excluding hydrogens is 365 g/mol. The summed E-state index contributed by atoms with van der Waals surface area (Å²) in [6, 6.07) is 0. The minimum absolute atomic E-state index is 0.360. The van der Waals surface area contributed by atoms with Crippen LogP contribution in [0, 0.1) is 3.57 Å². The van der Waals surface area contributed by atoms with Gasteiger partial charge in [-0.25, -0.2) is 15.0 Å². The maximum atomic E-state index is 4.75. The summed E-state index contributed by atoms with van der Waals surface area (Å²) in [5.41, 5.74) is 2.04. The van der Waals surface area contributed by atoms with E-state index in [2.05, 4.69) is 70.1 Å². The summed E-state index contributed by atoms with van der Waals surface area (Å²) >= 11 is 2.32. The van der Waals surface area contributed by atoms with Gasteiger partial charge in [0.2, 0.25) is 0 Å². The Labute approximate surface area is 133 Å². The molecule has 0 atom stereocenters. The fourth-order valence-corrected chi connectivity index (χ4v) is 3.06. The van der Waals surface area contributed by atoms with Crippen molar-refractivity contribution in [1.29, 1.82) is 0 Å². The van der Waals surface area contributed by atoms with Gasteiger partial charge in [0.05, 0.1) is 21.8 Å². The number of hydrogen-bond donors (Lipinski definition) is 1. The van der Waals surface area contributed by atoms with Gasteiger partial charge in [0, 0.05) is 13.1 Å². The number of aryl methyl sites for hydroxylation is 1. The van der Waals surface area contributed by atoms with E-state index in [4.69, 9.17) is 4.98 Å². The minimum Gasteiger partial charge on any atom is -0.369 e. The Kier molecular flexibility index (Phi) is 4.95. The Hall–Kier alpha value is -1.18. The molecule has 0 aromatic carbocycles. The van der Waals surface area contributed by atoms with Crippen LogP contribution in [0.15, 0.2) is 12.5 Å². The van der Waals surface area contributed by atoms with Crippen LogP contribution in [0.5, 0.6) is 0 Å². The smallest absolute Gasteiger partial charge is 0.180 e. The van der Waals surface area contributed by atoms with Crippen LogP contribution in [0.25, 0.3) is 11.5 Å². The topological polar surface area (TPSA) is 55.6 Å². The zero-order valence-corrected chi connectivity index (χ0v) is 14.5. The molecule has 0 aliphatic heterocycles. The largest absolute Gasteiger partial charge is 0.369 e. The lowest BCUT2D eigenvalue weighted by molar-refractivity contribution is 0.757. The molecule has 0 bridgehead atoms. The first kappa shape index (κ1) is 15.2. The molecule has 20 heavy (non-hydrogen) atoms. The van der Waals surface area contributed by atoms with Crippen LogP contribution in [0.3, 0.4) is 0 Å². The SMILES string of the molecule is CCNc1nc(-c2cncn2CC)nc(C(C)C)c1I. The monoisotopic (exact) mass is 385 g/mol. The minimum atomic E-state index is 0.360. The number of hydrogen-bond acceptors (Lipinski definition) is 4. The molecule has 0 saturated heterocycles. The van der Waals surface area contributed by atoms with E-state index in [0.717, 1.165) is 39.7 Å². The van der Waals surface area contributed by atoms with Gasteiger partial charge in [-0.15, -0.1) is 0 Å². The number of halogens is 1. The molecule has 0 fully saturated rings. The van der Waals surface area contributed by atoms with Crippen molar-refractivity contribution < 1.29 is 0 Å². The molecule has 0 saturated carbocycles. The van der Waals surface area contributed by atoms with Crippen molar-refractivity contribution in [2.24, 2.45) is 0 Å². The van der Waals surface area contributed by atoms with Crippen LogP contribution in [0.2, 0.25) is 0 Å². The number of aromatic nitrogens is 4. The summed E-state index contributed by atoms with van der Waals surface area (Å²) in [4.78, 5) is 13.6. The number of imidazole rings is 1. The quantitative estimate of drug-likeness (QED) is 0.801. The maximum absolute atomic E-state index is 4.75. The highest BCUT2D eigenvalue weighted by molar-refractivity contribution is 14.1. The first-order valence-corrected chi connectivity index (χ1v) is 7.98. The van der Waals surface area contributed by atoms with Gasteiger partial charge >= 0.3 is 0 Å². The molecule has 2 aromatic rings. The molecule has 0 radical (unpaired) electrons. The van der Waals surface area contributed by atoms with Crippen molar-refractivity contribution >= 4 is 28.4 Å². The summed E-state index contributed by atoms with van der Waals surface area (Å²) in [5.74, 6) is 2.01. The Bertz CT molecular complexity index is 591. The molecule has 2 rings (SSSR count). The summed E-state index contributed by atoms with van der Waals surface area (Å²) in [5, 5.41) is 3.32. The molecule has 0 spiro atoms. The number of anilines is 1. The maximum Gasteiger partial charge on any atom is 0.180 e. The van der Waals surface area contributed by atoms with Gasteiger partial charge in [-0.1, -0.05) is 13.8 Å². The average Bonchev–Trinajstić information content (AvgIpc) is 2.89. The molecule has 0 unspecified atom stereocenters. The highest BCUT2D eigenvalue weighted by atomic mass is 127. The van der Waals surface area contributed by atoms with Gasteiger partial charge < -0.3 is 9.88 Å². The molecule has 2 aromatic heterocycles. The second-order valence-corrected chi connectivity index (χ2v) is 5.92. The van der Waals surface area contributed by atoms with Crippen molar-refractivity contribution in [2.75, 3.05) is 11.9 Å². The van der Waals surface area contributed by atoms with Crippen LogP contribution in [0.1, 0.15) is 39.3 Å². The normalized spacial score (nSPS) is 11.1. The summed E-state index contributed by atoms with van der Waals surface area (Å²) < 4.78 is 3.16. The van der Waals surface area contributed by atoms with Crippen molar-refractivity contribution in [3.05, 3.63) is 21.8 Å². The summed E-state index contributed by atoms with van der Waals surface area (Å²) in [6.45, 7) is 10.2. The van der Waals surface area contributed by atoms with E-state index < -0.39 is 0 Å². The van der Waals surface area contributed by atoms with E-state index >= 15 is 0 Å². The lowest BCUT2D eigenvalue weighted by atomic mass is 10.1. The standard InChI is InChI=1S/C14H20IN5/c1-5-17-14-11(15)12(9(3)4)18-13(19-14)10-7-16-8-20(10)6-2/h7-9H,5-6H2,1-4H3,(H,17,18,19). The summed E-state index contributed by atoms with van der Waals surface area (Å²) in [7, 11) is 0. The first-order valence-electron chi connectivity index (χ1n) is 6.90. The Balaban J connectivity index is 2.59. The molecule has 0 aliphatic rings.